The van der Waals surface area contributed by atoms with Gasteiger partial charge >= 0.3 is 0 Å². The topological polar surface area (TPSA) is 64.3 Å². The van der Waals surface area contributed by atoms with Crippen molar-refractivity contribution in [1.82, 2.24) is 0 Å². The van der Waals surface area contributed by atoms with Crippen molar-refractivity contribution in [1.29, 1.82) is 0 Å². The number of nitrogens with one attached hydrogen (secondary N) is 1. The lowest BCUT2D eigenvalue weighted by molar-refractivity contribution is -0.117. The van der Waals surface area contributed by atoms with E-state index in [2.05, 4.69) is 5.32 Å². The first-order chi connectivity index (χ1) is 9.67. The van der Waals surface area contributed by atoms with Crippen LogP contribution in [0, 0.1) is 6.92 Å². The summed E-state index contributed by atoms with van der Waals surface area (Å²) in [5.74, 6) is 0.0488. The van der Waals surface area contributed by atoms with Crippen molar-refractivity contribution in [3.05, 3.63) is 29.3 Å². The first-order valence-corrected chi connectivity index (χ1v) is 7.39. The number of amides is 1. The van der Waals surface area contributed by atoms with Crippen molar-refractivity contribution in [2.24, 2.45) is 5.73 Å². The Morgan fingerprint density at radius 1 is 1.40 bits per heavy atom. The Morgan fingerprint density at radius 3 is 2.95 bits per heavy atom. The fourth-order valence-corrected chi connectivity index (χ4v) is 2.60. The van der Waals surface area contributed by atoms with Gasteiger partial charge in [-0.15, -0.1) is 0 Å². The Hall–Kier alpha value is -1.39. The summed E-state index contributed by atoms with van der Waals surface area (Å²) in [5.41, 5.74) is 8.63. The van der Waals surface area contributed by atoms with Gasteiger partial charge in [0.05, 0.1) is 6.10 Å². The third kappa shape index (κ3) is 4.62. The summed E-state index contributed by atoms with van der Waals surface area (Å²) in [6.45, 7) is 3.33. The van der Waals surface area contributed by atoms with E-state index in [1.165, 1.54) is 6.42 Å². The van der Waals surface area contributed by atoms with E-state index in [9.17, 15) is 4.79 Å². The van der Waals surface area contributed by atoms with Gasteiger partial charge in [0.15, 0.2) is 0 Å². The smallest absolute Gasteiger partial charge is 0.224 e. The van der Waals surface area contributed by atoms with Crippen LogP contribution in [-0.4, -0.2) is 18.6 Å². The highest BCUT2D eigenvalue weighted by Crippen LogP contribution is 2.18. The number of carbonyl (C=O) groups excluding carboxylic acids is 1. The summed E-state index contributed by atoms with van der Waals surface area (Å²) in [5, 5.41) is 2.95. The number of hydrogen-bond acceptors (Lipinski definition) is 3. The largest absolute Gasteiger partial charge is 0.378 e. The zero-order chi connectivity index (χ0) is 14.4. The molecular weight excluding hydrogens is 252 g/mol. The molecule has 1 heterocycles. The molecule has 0 saturated carbocycles. The minimum absolute atomic E-state index is 0.0488. The van der Waals surface area contributed by atoms with E-state index in [-0.39, 0.29) is 12.0 Å². The summed E-state index contributed by atoms with van der Waals surface area (Å²) in [7, 11) is 0. The summed E-state index contributed by atoms with van der Waals surface area (Å²) >= 11 is 0. The standard InChI is InChI=1S/C16H24N2O2/c1-12-8-13(11-17)10-14(9-12)18-16(19)6-5-15-4-2-3-7-20-15/h8-10,15H,2-7,11,17H2,1H3,(H,18,19)/t15-/m1/s1. The molecule has 0 aliphatic carbocycles. The number of aryl methyl sites for hydroxylation is 1. The fourth-order valence-electron chi connectivity index (χ4n) is 2.60. The van der Waals surface area contributed by atoms with E-state index in [0.717, 1.165) is 42.7 Å². The van der Waals surface area contributed by atoms with Crippen LogP contribution in [-0.2, 0) is 16.1 Å². The molecule has 2 rings (SSSR count). The van der Waals surface area contributed by atoms with Crippen LogP contribution < -0.4 is 11.1 Å². The third-order valence-electron chi connectivity index (χ3n) is 3.62. The highest BCUT2D eigenvalue weighted by atomic mass is 16.5. The maximum absolute atomic E-state index is 12.0. The molecule has 0 unspecified atom stereocenters. The summed E-state index contributed by atoms with van der Waals surface area (Å²) < 4.78 is 5.64. The van der Waals surface area contributed by atoms with Crippen LogP contribution in [0.4, 0.5) is 5.69 Å². The van der Waals surface area contributed by atoms with Crippen molar-refractivity contribution < 1.29 is 9.53 Å². The molecule has 0 aromatic heterocycles. The Labute approximate surface area is 120 Å². The van der Waals surface area contributed by atoms with E-state index in [1.807, 2.05) is 25.1 Å². The van der Waals surface area contributed by atoms with Crippen molar-refractivity contribution in [3.63, 3.8) is 0 Å². The minimum atomic E-state index is 0.0488. The molecule has 1 aliphatic heterocycles. The average molecular weight is 276 g/mol. The van der Waals surface area contributed by atoms with Crippen LogP contribution in [0.25, 0.3) is 0 Å². The van der Waals surface area contributed by atoms with E-state index in [0.29, 0.717) is 13.0 Å². The van der Waals surface area contributed by atoms with Gasteiger partial charge in [0.25, 0.3) is 0 Å². The van der Waals surface area contributed by atoms with Gasteiger partial charge in [0, 0.05) is 25.3 Å². The van der Waals surface area contributed by atoms with Gasteiger partial charge in [-0.05, 0) is 55.9 Å². The minimum Gasteiger partial charge on any atom is -0.378 e. The van der Waals surface area contributed by atoms with E-state index in [1.54, 1.807) is 0 Å². The normalized spacial score (nSPS) is 18.8. The molecule has 1 amide bonds. The highest BCUT2D eigenvalue weighted by Gasteiger charge is 2.15. The van der Waals surface area contributed by atoms with Crippen LogP contribution in [0.5, 0.6) is 0 Å². The molecule has 1 aromatic rings. The quantitative estimate of drug-likeness (QED) is 0.869. The second kappa shape index (κ2) is 7.41. The first kappa shape index (κ1) is 15.0. The van der Waals surface area contributed by atoms with E-state index >= 15 is 0 Å². The maximum atomic E-state index is 12.0. The number of nitrogens with two attached hydrogens (primary N) is 1. The summed E-state index contributed by atoms with van der Waals surface area (Å²) in [6.07, 6.45) is 5.01. The van der Waals surface area contributed by atoms with Crippen molar-refractivity contribution >= 4 is 11.6 Å². The molecule has 1 aliphatic rings. The maximum Gasteiger partial charge on any atom is 0.224 e. The van der Waals surface area contributed by atoms with Crippen LogP contribution in [0.1, 0.15) is 43.2 Å². The lowest BCUT2D eigenvalue weighted by atomic mass is 10.0. The molecule has 0 bridgehead atoms. The second-order valence-corrected chi connectivity index (χ2v) is 5.49. The van der Waals surface area contributed by atoms with Crippen molar-refractivity contribution in [2.75, 3.05) is 11.9 Å². The average Bonchev–Trinajstić information content (AvgIpc) is 2.45. The monoisotopic (exact) mass is 276 g/mol. The van der Waals surface area contributed by atoms with Gasteiger partial charge in [-0.2, -0.15) is 0 Å². The molecule has 20 heavy (non-hydrogen) atoms. The van der Waals surface area contributed by atoms with Gasteiger partial charge in [-0.3, -0.25) is 4.79 Å². The lowest BCUT2D eigenvalue weighted by Gasteiger charge is -2.22. The van der Waals surface area contributed by atoms with Gasteiger partial charge in [-0.1, -0.05) is 6.07 Å². The van der Waals surface area contributed by atoms with Crippen LogP contribution in [0.15, 0.2) is 18.2 Å². The van der Waals surface area contributed by atoms with Crippen molar-refractivity contribution in [3.8, 4) is 0 Å². The SMILES string of the molecule is Cc1cc(CN)cc(NC(=O)CC[C@H]2CCCCO2)c1. The number of benzene rings is 1. The Kier molecular flexibility index (Phi) is 5.56. The summed E-state index contributed by atoms with van der Waals surface area (Å²) in [6, 6.07) is 5.93. The van der Waals surface area contributed by atoms with Crippen LogP contribution in [0.2, 0.25) is 0 Å². The zero-order valence-electron chi connectivity index (χ0n) is 12.2. The Bertz CT molecular complexity index is 454. The molecule has 1 aromatic carbocycles. The van der Waals surface area contributed by atoms with E-state index in [4.69, 9.17) is 10.5 Å². The molecule has 4 heteroatoms. The van der Waals surface area contributed by atoms with E-state index < -0.39 is 0 Å². The molecule has 0 spiro atoms. The first-order valence-electron chi connectivity index (χ1n) is 7.39. The zero-order valence-corrected chi connectivity index (χ0v) is 12.2. The molecule has 0 radical (unpaired) electrons. The number of anilines is 1. The van der Waals surface area contributed by atoms with Gasteiger partial charge in [-0.25, -0.2) is 0 Å². The fraction of sp³-hybridized carbons (Fsp3) is 0.562. The molecular formula is C16H24N2O2. The summed E-state index contributed by atoms with van der Waals surface area (Å²) in [4.78, 5) is 12.0. The molecule has 110 valence electrons. The van der Waals surface area contributed by atoms with Crippen molar-refractivity contribution in [2.45, 2.75) is 51.7 Å². The van der Waals surface area contributed by atoms with Gasteiger partial charge in [0.2, 0.25) is 5.91 Å². The number of ether oxygens (including phenoxy) is 1. The van der Waals surface area contributed by atoms with Gasteiger partial charge < -0.3 is 15.8 Å². The molecule has 1 fully saturated rings. The lowest BCUT2D eigenvalue weighted by Crippen LogP contribution is -2.21. The Balaban J connectivity index is 1.83. The Morgan fingerprint density at radius 2 is 2.25 bits per heavy atom. The highest BCUT2D eigenvalue weighted by molar-refractivity contribution is 5.90. The third-order valence-corrected chi connectivity index (χ3v) is 3.62. The predicted octanol–water partition coefficient (Wildman–Crippen LogP) is 2.74. The molecule has 1 atom stereocenters. The van der Waals surface area contributed by atoms with Crippen LogP contribution >= 0.6 is 0 Å². The van der Waals surface area contributed by atoms with Crippen LogP contribution in [0.3, 0.4) is 0 Å². The second-order valence-electron chi connectivity index (χ2n) is 5.49. The molecule has 3 N–H and O–H groups in total. The van der Waals surface area contributed by atoms with Gasteiger partial charge in [0.1, 0.15) is 0 Å². The number of hydrogen-bond donors (Lipinski definition) is 2. The molecule has 4 nitrogen and oxygen atoms in total. The number of carbonyl (C=O) groups is 1. The predicted molar refractivity (Wildman–Crippen MR) is 80.5 cm³/mol. The number of rotatable bonds is 5. The molecule has 1 saturated heterocycles.